The van der Waals surface area contributed by atoms with E-state index < -0.39 is 30.4 Å². The molecule has 1 atom stereocenters. The Kier molecular flexibility index (Phi) is 6.05. The summed E-state index contributed by atoms with van der Waals surface area (Å²) in [5.74, 6) is -0.899. The standard InChI is InChI=1S/C21H15Cl2F2N5O2/c22-17-8-16(12-1-3-13(24)4-2-12)21(25,11-31)9-15(17)20(32)29-14-7-18(23)19(26-10-14)30-27-5-6-28-30/h1-8,10,31H,9,11H2,(H,29,32). The molecular weight excluding hydrogens is 463 g/mol. The molecule has 0 fully saturated rings. The van der Waals surface area contributed by atoms with Crippen molar-refractivity contribution in [1.82, 2.24) is 20.0 Å². The summed E-state index contributed by atoms with van der Waals surface area (Å²) in [5, 5.41) is 20.4. The molecule has 2 heterocycles. The molecule has 4 rings (SSSR count). The van der Waals surface area contributed by atoms with E-state index in [9.17, 15) is 14.3 Å². The lowest BCUT2D eigenvalue weighted by molar-refractivity contribution is -0.113. The fraction of sp³-hybridized carbons (Fsp3) is 0.143. The fourth-order valence-electron chi connectivity index (χ4n) is 3.28. The van der Waals surface area contributed by atoms with E-state index in [0.717, 1.165) is 0 Å². The first-order chi connectivity index (χ1) is 15.3. The molecule has 0 aliphatic heterocycles. The first-order valence-electron chi connectivity index (χ1n) is 9.31. The van der Waals surface area contributed by atoms with Crippen LogP contribution in [0.5, 0.6) is 0 Å². The molecule has 2 aromatic heterocycles. The van der Waals surface area contributed by atoms with E-state index in [0.29, 0.717) is 5.56 Å². The number of nitrogens with zero attached hydrogens (tertiary/aromatic N) is 4. The first-order valence-corrected chi connectivity index (χ1v) is 10.1. The van der Waals surface area contributed by atoms with E-state index in [4.69, 9.17) is 23.2 Å². The molecule has 2 N–H and O–H groups in total. The van der Waals surface area contributed by atoms with Crippen molar-refractivity contribution in [2.45, 2.75) is 12.1 Å². The topological polar surface area (TPSA) is 92.9 Å². The summed E-state index contributed by atoms with van der Waals surface area (Å²) in [5.41, 5.74) is -1.70. The quantitative estimate of drug-likeness (QED) is 0.577. The third-order valence-corrected chi connectivity index (χ3v) is 5.48. The number of hydrogen-bond acceptors (Lipinski definition) is 5. The van der Waals surface area contributed by atoms with Crippen LogP contribution in [0.25, 0.3) is 11.4 Å². The summed E-state index contributed by atoms with van der Waals surface area (Å²) in [6.07, 6.45) is 5.05. The number of alkyl halides is 1. The second kappa shape index (κ2) is 8.78. The molecule has 3 aromatic rings. The highest BCUT2D eigenvalue weighted by molar-refractivity contribution is 6.35. The van der Waals surface area contributed by atoms with Gasteiger partial charge >= 0.3 is 0 Å². The van der Waals surface area contributed by atoms with E-state index in [1.165, 1.54) is 59.8 Å². The van der Waals surface area contributed by atoms with Crippen molar-refractivity contribution in [2.24, 2.45) is 0 Å². The highest BCUT2D eigenvalue weighted by atomic mass is 35.5. The average molecular weight is 478 g/mol. The molecule has 0 saturated heterocycles. The Labute approximate surface area is 191 Å². The van der Waals surface area contributed by atoms with Crippen molar-refractivity contribution in [3.8, 4) is 5.82 Å². The smallest absolute Gasteiger partial charge is 0.253 e. The maximum atomic E-state index is 15.6. The number of carbonyl (C=O) groups excluding carboxylic acids is 1. The van der Waals surface area contributed by atoms with Gasteiger partial charge in [-0.1, -0.05) is 35.3 Å². The van der Waals surface area contributed by atoms with E-state index in [2.05, 4.69) is 20.5 Å². The summed E-state index contributed by atoms with van der Waals surface area (Å²) in [6.45, 7) is -0.893. The molecule has 1 aliphatic rings. The minimum atomic E-state index is -2.28. The maximum Gasteiger partial charge on any atom is 0.253 e. The highest BCUT2D eigenvalue weighted by Crippen LogP contribution is 2.42. The number of amides is 1. The van der Waals surface area contributed by atoms with Crippen LogP contribution in [0.3, 0.4) is 0 Å². The van der Waals surface area contributed by atoms with Crippen LogP contribution in [0.15, 0.2) is 65.6 Å². The zero-order chi connectivity index (χ0) is 22.9. The monoisotopic (exact) mass is 477 g/mol. The van der Waals surface area contributed by atoms with Crippen LogP contribution >= 0.6 is 23.2 Å². The number of aliphatic hydroxyl groups excluding tert-OH is 1. The van der Waals surface area contributed by atoms with Gasteiger partial charge in [0.05, 0.1) is 35.9 Å². The predicted molar refractivity (Wildman–Crippen MR) is 116 cm³/mol. The number of carbonyl (C=O) groups is 1. The van der Waals surface area contributed by atoms with Gasteiger partial charge in [-0.15, -0.1) is 4.80 Å². The Morgan fingerprint density at radius 1 is 1.22 bits per heavy atom. The van der Waals surface area contributed by atoms with E-state index in [1.807, 2.05) is 0 Å². The number of aliphatic hydroxyl groups is 1. The Morgan fingerprint density at radius 3 is 2.53 bits per heavy atom. The van der Waals surface area contributed by atoms with Gasteiger partial charge in [0.1, 0.15) is 5.82 Å². The Bertz CT molecular complexity index is 1230. The highest BCUT2D eigenvalue weighted by Gasteiger charge is 2.41. The van der Waals surface area contributed by atoms with Gasteiger partial charge in [0.25, 0.3) is 5.91 Å². The second-order valence-corrected chi connectivity index (χ2v) is 7.81. The molecule has 1 aromatic carbocycles. The molecule has 1 amide bonds. The van der Waals surface area contributed by atoms with Crippen molar-refractivity contribution in [2.75, 3.05) is 11.9 Å². The predicted octanol–water partition coefficient (Wildman–Crippen LogP) is 4.07. The SMILES string of the molecule is O=C(Nc1cnc(-n2nccn2)c(Cl)c1)C1=C(Cl)C=C(c2ccc(F)cc2)C(F)(CO)C1. The van der Waals surface area contributed by atoms with E-state index in [1.54, 1.807) is 0 Å². The van der Waals surface area contributed by atoms with Crippen molar-refractivity contribution >= 4 is 40.4 Å². The molecule has 1 aliphatic carbocycles. The number of rotatable bonds is 5. The van der Waals surface area contributed by atoms with Gasteiger partial charge in [0.2, 0.25) is 0 Å². The minimum absolute atomic E-state index is 0.0000302. The second-order valence-electron chi connectivity index (χ2n) is 6.99. The average Bonchev–Trinajstić information content (AvgIpc) is 3.30. The number of benzene rings is 1. The first kappa shape index (κ1) is 22.1. The molecule has 7 nitrogen and oxygen atoms in total. The van der Waals surface area contributed by atoms with Gasteiger partial charge in [0, 0.05) is 22.6 Å². The van der Waals surface area contributed by atoms with Gasteiger partial charge < -0.3 is 10.4 Å². The van der Waals surface area contributed by atoms with Crippen LogP contribution in [0.4, 0.5) is 14.5 Å². The number of halogens is 4. The number of aromatic nitrogens is 4. The lowest BCUT2D eigenvalue weighted by Crippen LogP contribution is -2.35. The normalized spacial score (nSPS) is 18.5. The molecule has 0 saturated carbocycles. The van der Waals surface area contributed by atoms with Crippen LogP contribution in [0, 0.1) is 5.82 Å². The molecule has 164 valence electrons. The van der Waals surface area contributed by atoms with Crippen LogP contribution in [-0.4, -0.2) is 43.3 Å². The molecule has 32 heavy (non-hydrogen) atoms. The lowest BCUT2D eigenvalue weighted by Gasteiger charge is -2.31. The maximum absolute atomic E-state index is 15.6. The summed E-state index contributed by atoms with van der Waals surface area (Å²) in [7, 11) is 0. The largest absolute Gasteiger partial charge is 0.393 e. The van der Waals surface area contributed by atoms with Crippen molar-refractivity contribution < 1.29 is 18.7 Å². The number of pyridine rings is 1. The summed E-state index contributed by atoms with van der Waals surface area (Å²) >= 11 is 12.5. The number of nitrogens with one attached hydrogen (secondary N) is 1. The van der Waals surface area contributed by atoms with Gasteiger partial charge in [-0.3, -0.25) is 4.79 Å². The zero-order valence-electron chi connectivity index (χ0n) is 16.3. The number of anilines is 1. The van der Waals surface area contributed by atoms with Crippen molar-refractivity contribution in [1.29, 1.82) is 0 Å². The lowest BCUT2D eigenvalue weighted by atomic mass is 9.81. The number of hydrogen-bond donors (Lipinski definition) is 2. The van der Waals surface area contributed by atoms with Gasteiger partial charge in [-0.25, -0.2) is 13.8 Å². The van der Waals surface area contributed by atoms with Gasteiger partial charge in [-0.05, 0) is 29.8 Å². The summed E-state index contributed by atoms with van der Waals surface area (Å²) in [6, 6.07) is 6.55. The Morgan fingerprint density at radius 2 is 1.91 bits per heavy atom. The van der Waals surface area contributed by atoms with Crippen molar-refractivity contribution in [3.05, 3.63) is 82.0 Å². The third-order valence-electron chi connectivity index (χ3n) is 4.87. The van der Waals surface area contributed by atoms with Crippen LogP contribution in [0.1, 0.15) is 12.0 Å². The Balaban J connectivity index is 1.61. The van der Waals surface area contributed by atoms with Crippen LogP contribution in [0.2, 0.25) is 5.02 Å². The molecule has 0 radical (unpaired) electrons. The molecule has 11 heteroatoms. The van der Waals surface area contributed by atoms with E-state index in [-0.39, 0.29) is 32.7 Å². The molecule has 0 spiro atoms. The van der Waals surface area contributed by atoms with Gasteiger partial charge in [0.15, 0.2) is 11.5 Å². The minimum Gasteiger partial charge on any atom is -0.393 e. The summed E-state index contributed by atoms with van der Waals surface area (Å²) < 4.78 is 28.9. The molecule has 1 unspecified atom stereocenters. The third kappa shape index (κ3) is 4.27. The zero-order valence-corrected chi connectivity index (χ0v) is 17.8. The van der Waals surface area contributed by atoms with Gasteiger partial charge in [-0.2, -0.15) is 10.2 Å². The van der Waals surface area contributed by atoms with Crippen molar-refractivity contribution in [3.63, 3.8) is 0 Å². The molecular formula is C21H15Cl2F2N5O2. The summed E-state index contributed by atoms with van der Waals surface area (Å²) in [4.78, 5) is 18.2. The number of allylic oxidation sites excluding steroid dienone is 2. The van der Waals surface area contributed by atoms with Crippen LogP contribution in [-0.2, 0) is 4.79 Å². The fourth-order valence-corrected chi connectivity index (χ4v) is 3.79. The Hall–Kier alpha value is -3.14. The molecule has 0 bridgehead atoms. The van der Waals surface area contributed by atoms with Crippen LogP contribution < -0.4 is 5.32 Å². The van der Waals surface area contributed by atoms with E-state index >= 15 is 4.39 Å².